The van der Waals surface area contributed by atoms with Gasteiger partial charge in [0, 0.05) is 20.2 Å². The molecule has 2 N–H and O–H groups in total. The Morgan fingerprint density at radius 3 is 2.58 bits per heavy atom. The summed E-state index contributed by atoms with van der Waals surface area (Å²) in [6.07, 6.45) is 0.978. The van der Waals surface area contributed by atoms with E-state index in [1.165, 1.54) is 24.4 Å². The number of methoxy groups -OCH3 is 1. The number of hydrogen-bond acceptors (Lipinski definition) is 7. The second kappa shape index (κ2) is 13.0. The van der Waals surface area contributed by atoms with Crippen molar-refractivity contribution in [3.63, 3.8) is 0 Å². The Bertz CT molecular complexity index is 839. The number of aryl methyl sites for hydroxylation is 1. The fourth-order valence-corrected chi connectivity index (χ4v) is 3.42. The first kappa shape index (κ1) is 24.7. The van der Waals surface area contributed by atoms with E-state index in [0.717, 1.165) is 12.2 Å². The number of ether oxygens (including phenoxy) is 2. The molecule has 0 bridgehead atoms. The first-order valence-corrected chi connectivity index (χ1v) is 11.2. The lowest BCUT2D eigenvalue weighted by Gasteiger charge is -2.13. The maximum absolute atomic E-state index is 12.1. The molecule has 31 heavy (non-hydrogen) atoms. The molecular weight excluding hydrogens is 418 g/mol. The van der Waals surface area contributed by atoms with Crippen molar-refractivity contribution < 1.29 is 19.1 Å². The third kappa shape index (κ3) is 8.58. The van der Waals surface area contributed by atoms with Gasteiger partial charge in [-0.1, -0.05) is 44.7 Å². The summed E-state index contributed by atoms with van der Waals surface area (Å²) >= 11 is 1.23. The van der Waals surface area contributed by atoms with E-state index in [2.05, 4.69) is 41.6 Å². The normalized spacial score (nSPS) is 10.9. The van der Waals surface area contributed by atoms with E-state index in [9.17, 15) is 9.59 Å². The molecule has 1 heterocycles. The molecule has 0 saturated heterocycles. The Hall–Kier alpha value is -2.59. The number of rotatable bonds is 12. The summed E-state index contributed by atoms with van der Waals surface area (Å²) in [6, 6.07) is 7.42. The van der Waals surface area contributed by atoms with Crippen LogP contribution >= 0.6 is 11.8 Å². The van der Waals surface area contributed by atoms with Crippen molar-refractivity contribution in [3.05, 3.63) is 35.7 Å². The van der Waals surface area contributed by atoms with Crippen molar-refractivity contribution in [1.82, 2.24) is 25.4 Å². The second-order valence-corrected chi connectivity index (χ2v) is 8.22. The minimum Gasteiger partial charge on any atom is -0.486 e. The van der Waals surface area contributed by atoms with Gasteiger partial charge < -0.3 is 19.4 Å². The number of carbonyl (C=O) groups excluding carboxylic acids is 2. The van der Waals surface area contributed by atoms with Crippen molar-refractivity contribution in [3.8, 4) is 5.75 Å². The predicted molar refractivity (Wildman–Crippen MR) is 119 cm³/mol. The van der Waals surface area contributed by atoms with Gasteiger partial charge in [0.15, 0.2) is 11.0 Å². The Kier molecular flexibility index (Phi) is 10.3. The van der Waals surface area contributed by atoms with Crippen molar-refractivity contribution in [2.75, 3.05) is 26.0 Å². The Balaban J connectivity index is 1.94. The van der Waals surface area contributed by atoms with E-state index >= 15 is 0 Å². The molecule has 10 heteroatoms. The number of carbonyl (C=O) groups is 2. The standard InChI is InChI=1S/C21H31N5O4S/c1-5-16-6-8-17(9-7-16)30-13-18-24-25-21(26(18)12-15(2)3)31-14-19(27)23-20(28)22-10-11-29-4/h6-9,15H,5,10-14H2,1-4H3,(H2,22,23,27,28). The molecule has 0 saturated carbocycles. The number of urea groups is 1. The van der Waals surface area contributed by atoms with Crippen LogP contribution in [0.4, 0.5) is 4.79 Å². The van der Waals surface area contributed by atoms with Crippen LogP contribution in [0.1, 0.15) is 32.2 Å². The Labute approximate surface area is 187 Å². The van der Waals surface area contributed by atoms with Crippen molar-refractivity contribution in [2.24, 2.45) is 5.92 Å². The minimum atomic E-state index is -0.547. The van der Waals surface area contributed by atoms with E-state index in [1.54, 1.807) is 0 Å². The van der Waals surface area contributed by atoms with Crippen LogP contribution in [0, 0.1) is 5.92 Å². The molecule has 3 amide bonds. The lowest BCUT2D eigenvalue weighted by atomic mass is 10.2. The second-order valence-electron chi connectivity index (χ2n) is 7.27. The lowest BCUT2D eigenvalue weighted by molar-refractivity contribution is -0.117. The Morgan fingerprint density at radius 2 is 1.94 bits per heavy atom. The molecule has 0 atom stereocenters. The monoisotopic (exact) mass is 449 g/mol. The first-order chi connectivity index (χ1) is 14.9. The molecule has 0 spiro atoms. The minimum absolute atomic E-state index is 0.0489. The van der Waals surface area contributed by atoms with Crippen LogP contribution in [0.3, 0.4) is 0 Å². The van der Waals surface area contributed by atoms with Crippen LogP contribution in [0.15, 0.2) is 29.4 Å². The van der Waals surface area contributed by atoms with E-state index in [0.29, 0.717) is 36.6 Å². The van der Waals surface area contributed by atoms with Crippen LogP contribution in [-0.2, 0) is 29.1 Å². The molecule has 0 aliphatic rings. The van der Waals surface area contributed by atoms with Gasteiger partial charge in [0.1, 0.15) is 12.4 Å². The molecule has 0 aliphatic carbocycles. The predicted octanol–water partition coefficient (Wildman–Crippen LogP) is 2.64. The third-order valence-corrected chi connectivity index (χ3v) is 5.18. The zero-order valence-electron chi connectivity index (χ0n) is 18.5. The number of imide groups is 1. The zero-order valence-corrected chi connectivity index (χ0v) is 19.3. The van der Waals surface area contributed by atoms with Gasteiger partial charge in [-0.15, -0.1) is 10.2 Å². The van der Waals surface area contributed by atoms with Crippen LogP contribution in [0.25, 0.3) is 0 Å². The van der Waals surface area contributed by atoms with Crippen molar-refractivity contribution in [1.29, 1.82) is 0 Å². The van der Waals surface area contributed by atoms with Crippen molar-refractivity contribution in [2.45, 2.75) is 45.5 Å². The quantitative estimate of drug-likeness (QED) is 0.379. The maximum Gasteiger partial charge on any atom is 0.321 e. The molecular formula is C21H31N5O4S. The maximum atomic E-state index is 12.1. The number of benzene rings is 1. The summed E-state index contributed by atoms with van der Waals surface area (Å²) in [5, 5.41) is 13.9. The topological polar surface area (TPSA) is 107 Å². The summed E-state index contributed by atoms with van der Waals surface area (Å²) in [5.41, 5.74) is 1.25. The number of thioether (sulfide) groups is 1. The fraction of sp³-hybridized carbons (Fsp3) is 0.524. The van der Waals surface area contributed by atoms with Gasteiger partial charge in [-0.3, -0.25) is 10.1 Å². The first-order valence-electron chi connectivity index (χ1n) is 10.3. The largest absolute Gasteiger partial charge is 0.486 e. The highest BCUT2D eigenvalue weighted by Crippen LogP contribution is 2.20. The highest BCUT2D eigenvalue weighted by Gasteiger charge is 2.16. The van der Waals surface area contributed by atoms with Gasteiger partial charge >= 0.3 is 6.03 Å². The summed E-state index contributed by atoms with van der Waals surface area (Å²) in [6.45, 7) is 7.98. The number of aromatic nitrogens is 3. The molecule has 1 aromatic heterocycles. The van der Waals surface area contributed by atoms with Crippen LogP contribution in [-0.4, -0.2) is 52.7 Å². The van der Waals surface area contributed by atoms with Crippen LogP contribution in [0.5, 0.6) is 5.75 Å². The summed E-state index contributed by atoms with van der Waals surface area (Å²) in [7, 11) is 1.54. The van der Waals surface area contributed by atoms with Crippen LogP contribution in [0.2, 0.25) is 0 Å². The van der Waals surface area contributed by atoms with Gasteiger partial charge in [0.25, 0.3) is 0 Å². The van der Waals surface area contributed by atoms with E-state index < -0.39 is 11.9 Å². The number of nitrogens with one attached hydrogen (secondary N) is 2. The molecule has 170 valence electrons. The van der Waals surface area contributed by atoms with Crippen molar-refractivity contribution >= 4 is 23.7 Å². The molecule has 0 radical (unpaired) electrons. The number of nitrogens with zero attached hydrogens (tertiary/aromatic N) is 3. The van der Waals surface area contributed by atoms with Gasteiger partial charge in [-0.05, 0) is 30.0 Å². The molecule has 1 aromatic carbocycles. The average molecular weight is 450 g/mol. The lowest BCUT2D eigenvalue weighted by Crippen LogP contribution is -2.41. The zero-order chi connectivity index (χ0) is 22.6. The van der Waals surface area contributed by atoms with E-state index in [4.69, 9.17) is 9.47 Å². The van der Waals surface area contributed by atoms with Crippen LogP contribution < -0.4 is 15.4 Å². The number of hydrogen-bond donors (Lipinski definition) is 2. The smallest absolute Gasteiger partial charge is 0.321 e. The summed E-state index contributed by atoms with van der Waals surface area (Å²) in [5.74, 6) is 1.46. The van der Waals surface area contributed by atoms with Gasteiger partial charge in [-0.2, -0.15) is 0 Å². The van der Waals surface area contributed by atoms with E-state index in [-0.39, 0.29) is 12.4 Å². The molecule has 9 nitrogen and oxygen atoms in total. The van der Waals surface area contributed by atoms with Gasteiger partial charge in [0.05, 0.1) is 12.4 Å². The molecule has 0 fully saturated rings. The molecule has 0 aliphatic heterocycles. The summed E-state index contributed by atoms with van der Waals surface area (Å²) in [4.78, 5) is 23.7. The van der Waals surface area contributed by atoms with Gasteiger partial charge in [-0.25, -0.2) is 4.79 Å². The highest BCUT2D eigenvalue weighted by molar-refractivity contribution is 7.99. The number of amides is 3. The highest BCUT2D eigenvalue weighted by atomic mass is 32.2. The average Bonchev–Trinajstić information content (AvgIpc) is 3.12. The molecule has 2 rings (SSSR count). The Morgan fingerprint density at radius 1 is 1.19 bits per heavy atom. The van der Waals surface area contributed by atoms with E-state index in [1.807, 2.05) is 28.8 Å². The molecule has 0 unspecified atom stereocenters. The summed E-state index contributed by atoms with van der Waals surface area (Å²) < 4.78 is 12.7. The molecule has 2 aromatic rings. The third-order valence-electron chi connectivity index (χ3n) is 4.22. The SMILES string of the molecule is CCc1ccc(OCc2nnc(SCC(=O)NC(=O)NCCOC)n2CC(C)C)cc1. The van der Waals surface area contributed by atoms with Gasteiger partial charge in [0.2, 0.25) is 5.91 Å². The fourth-order valence-electron chi connectivity index (χ4n) is 2.65.